The summed E-state index contributed by atoms with van der Waals surface area (Å²) in [6, 6.07) is -1.54. The van der Waals surface area contributed by atoms with Crippen molar-refractivity contribution < 1.29 is 33.7 Å². The van der Waals surface area contributed by atoms with Crippen LogP contribution in [0.2, 0.25) is 0 Å². The molecule has 4 fully saturated rings. The van der Waals surface area contributed by atoms with Gasteiger partial charge in [-0.25, -0.2) is 0 Å². The van der Waals surface area contributed by atoms with E-state index in [9.17, 15) is 19.5 Å². The van der Waals surface area contributed by atoms with Gasteiger partial charge in [0, 0.05) is 32.7 Å². The van der Waals surface area contributed by atoms with Crippen molar-refractivity contribution in [3.63, 3.8) is 0 Å². The maximum atomic E-state index is 14.5. The fourth-order valence-electron chi connectivity index (χ4n) is 7.18. The van der Waals surface area contributed by atoms with Crippen LogP contribution in [0.1, 0.15) is 46.5 Å². The highest BCUT2D eigenvalue weighted by atomic mass is 16.6. The molecule has 2 amide bonds. The van der Waals surface area contributed by atoms with Crippen molar-refractivity contribution in [2.75, 3.05) is 59.2 Å². The molecule has 0 aromatic heterocycles. The normalized spacial score (nSPS) is 32.3. The molecule has 10 nitrogen and oxygen atoms in total. The first kappa shape index (κ1) is 30.7. The zero-order chi connectivity index (χ0) is 29.1. The van der Waals surface area contributed by atoms with Gasteiger partial charge in [0.15, 0.2) is 0 Å². The molecule has 0 aliphatic carbocycles. The maximum absolute atomic E-state index is 14.5. The quantitative estimate of drug-likeness (QED) is 0.194. The average Bonchev–Trinajstić information content (AvgIpc) is 3.50. The molecule has 2 bridgehead atoms. The first-order chi connectivity index (χ1) is 19.1. The van der Waals surface area contributed by atoms with Crippen LogP contribution in [0, 0.1) is 17.8 Å². The van der Waals surface area contributed by atoms with Gasteiger partial charge in [-0.1, -0.05) is 26.0 Å². The largest absolute Gasteiger partial charge is 0.465 e. The molecule has 4 saturated heterocycles. The average molecular weight is 562 g/mol. The number of rotatable bonds is 14. The molecule has 224 valence electrons. The number of esters is 1. The Labute approximate surface area is 238 Å². The highest BCUT2D eigenvalue weighted by molar-refractivity contribution is 5.98. The molecule has 4 aliphatic heterocycles. The van der Waals surface area contributed by atoms with Crippen LogP contribution in [-0.2, 0) is 28.6 Å². The van der Waals surface area contributed by atoms with E-state index in [0.717, 1.165) is 19.5 Å². The van der Waals surface area contributed by atoms with E-state index in [1.54, 1.807) is 22.0 Å². The number of carbonyl (C=O) groups excluding carboxylic acids is 3. The van der Waals surface area contributed by atoms with Crippen LogP contribution in [0.3, 0.4) is 0 Å². The molecule has 1 N–H and O–H groups in total. The van der Waals surface area contributed by atoms with Gasteiger partial charge < -0.3 is 29.1 Å². The van der Waals surface area contributed by atoms with E-state index in [1.807, 2.05) is 20.8 Å². The molecule has 10 heteroatoms. The molecule has 4 heterocycles. The molecule has 0 aromatic rings. The summed E-state index contributed by atoms with van der Waals surface area (Å²) in [6.45, 7) is 17.6. The minimum atomic E-state index is -1.16. The smallest absolute Gasteiger partial charge is 0.312 e. The Bertz CT molecular complexity index is 967. The van der Waals surface area contributed by atoms with E-state index in [4.69, 9.17) is 14.2 Å². The fourth-order valence-corrected chi connectivity index (χ4v) is 7.18. The summed E-state index contributed by atoms with van der Waals surface area (Å²) in [5.41, 5.74) is -2.06. The molecular weight excluding hydrogens is 514 g/mol. The van der Waals surface area contributed by atoms with Crippen molar-refractivity contribution in [2.24, 2.45) is 17.8 Å². The number of unbranched alkanes of at least 4 members (excludes halogenated alkanes) is 1. The number of hydrogen-bond acceptors (Lipinski definition) is 8. The molecular formula is C30H47N3O7. The fraction of sp³-hybridized carbons (Fsp3) is 0.767. The summed E-state index contributed by atoms with van der Waals surface area (Å²) in [5, 5.41) is 10.4. The second kappa shape index (κ2) is 12.7. The Morgan fingerprint density at radius 2 is 1.95 bits per heavy atom. The molecule has 40 heavy (non-hydrogen) atoms. The minimum Gasteiger partial charge on any atom is -0.465 e. The van der Waals surface area contributed by atoms with Crippen LogP contribution >= 0.6 is 0 Å². The van der Waals surface area contributed by atoms with Crippen LogP contribution in [-0.4, -0.2) is 120 Å². The number of carbonyl (C=O) groups is 3. The maximum Gasteiger partial charge on any atom is 0.312 e. The Hall–Kier alpha value is -2.27. The summed E-state index contributed by atoms with van der Waals surface area (Å²) in [4.78, 5) is 47.8. The van der Waals surface area contributed by atoms with Gasteiger partial charge in [0.25, 0.3) is 0 Å². The molecule has 4 aliphatic rings. The van der Waals surface area contributed by atoms with Crippen LogP contribution in [0.5, 0.6) is 0 Å². The summed E-state index contributed by atoms with van der Waals surface area (Å²) in [7, 11) is 0. The first-order valence-corrected chi connectivity index (χ1v) is 14.8. The second-order valence-electron chi connectivity index (χ2n) is 12.1. The van der Waals surface area contributed by atoms with Crippen molar-refractivity contribution in [3.05, 3.63) is 25.3 Å². The Morgan fingerprint density at radius 1 is 1.23 bits per heavy atom. The van der Waals surface area contributed by atoms with Crippen LogP contribution in [0.4, 0.5) is 0 Å². The van der Waals surface area contributed by atoms with Crippen molar-refractivity contribution in [1.82, 2.24) is 14.7 Å². The van der Waals surface area contributed by atoms with Crippen LogP contribution in [0.25, 0.3) is 0 Å². The van der Waals surface area contributed by atoms with Gasteiger partial charge in [-0.2, -0.15) is 0 Å². The zero-order valence-corrected chi connectivity index (χ0v) is 24.4. The Kier molecular flexibility index (Phi) is 9.75. The summed E-state index contributed by atoms with van der Waals surface area (Å²) in [5.74, 6) is -2.77. The number of amides is 2. The molecule has 0 radical (unpaired) electrons. The van der Waals surface area contributed by atoms with E-state index in [0.29, 0.717) is 52.1 Å². The van der Waals surface area contributed by atoms with E-state index in [2.05, 4.69) is 18.1 Å². The molecule has 4 rings (SSSR count). The summed E-state index contributed by atoms with van der Waals surface area (Å²) < 4.78 is 17.8. The molecule has 2 unspecified atom stereocenters. The molecule has 6 atom stereocenters. The number of ether oxygens (including phenoxy) is 3. The third kappa shape index (κ3) is 5.47. The van der Waals surface area contributed by atoms with Gasteiger partial charge in [0.1, 0.15) is 17.6 Å². The van der Waals surface area contributed by atoms with Crippen LogP contribution < -0.4 is 0 Å². The highest BCUT2D eigenvalue weighted by Crippen LogP contribution is 2.63. The Balaban J connectivity index is 1.67. The van der Waals surface area contributed by atoms with Crippen molar-refractivity contribution in [2.45, 2.75) is 69.7 Å². The predicted octanol–water partition coefficient (Wildman–Crippen LogP) is 1.62. The second-order valence-corrected chi connectivity index (χ2v) is 12.1. The number of morpholine rings is 1. The van der Waals surface area contributed by atoms with E-state index < -0.39 is 41.1 Å². The third-order valence-electron chi connectivity index (χ3n) is 9.26. The van der Waals surface area contributed by atoms with Gasteiger partial charge in [-0.3, -0.25) is 19.3 Å². The molecule has 0 aromatic carbocycles. The predicted molar refractivity (Wildman–Crippen MR) is 149 cm³/mol. The van der Waals surface area contributed by atoms with E-state index in [1.165, 1.54) is 0 Å². The van der Waals surface area contributed by atoms with Gasteiger partial charge in [0.2, 0.25) is 11.8 Å². The Morgan fingerprint density at radius 3 is 2.58 bits per heavy atom. The number of likely N-dealkylation sites (tertiary alicyclic amines) is 1. The molecule has 1 spiro atoms. The summed E-state index contributed by atoms with van der Waals surface area (Å²) >= 11 is 0. The number of aliphatic hydroxyl groups is 1. The third-order valence-corrected chi connectivity index (χ3v) is 9.26. The standard InChI is InChI=1S/C30H47N3O7/c1-6-8-9-17-39-28(37)24-23-26(35)33(22(20-34)21(3)4)25(30(23)11-10-29(24,5)40-30)27(36)32(12-7-2)14-13-31-15-18-38-19-16-31/h6-7,21-25,34H,1-2,8-20H2,3-5H3/t22-,23-,24+,25?,29-,30?/m0/s1. The first-order valence-electron chi connectivity index (χ1n) is 14.8. The number of aliphatic hydroxyl groups excluding tert-OH is 1. The SMILES string of the molecule is C=CCCCOC(=O)[C@H]1[C@H]2C(=O)N([C@@H](CO)C(C)C)C(C(=O)N(CC=C)CCN3CCOCC3)C23CC[C@]1(C)O3. The molecule has 0 saturated carbocycles. The number of nitrogens with zero attached hydrogens (tertiary/aromatic N) is 3. The number of fused-ring (bicyclic) bond motifs is 1. The van der Waals surface area contributed by atoms with E-state index >= 15 is 0 Å². The van der Waals surface area contributed by atoms with Gasteiger partial charge in [0.05, 0.1) is 44.0 Å². The zero-order valence-electron chi connectivity index (χ0n) is 24.4. The van der Waals surface area contributed by atoms with Gasteiger partial charge in [-0.05, 0) is 38.5 Å². The lowest BCUT2D eigenvalue weighted by atomic mass is 9.66. The lowest BCUT2D eigenvalue weighted by molar-refractivity contribution is -0.162. The van der Waals surface area contributed by atoms with Gasteiger partial charge in [-0.15, -0.1) is 13.2 Å². The monoisotopic (exact) mass is 561 g/mol. The topological polar surface area (TPSA) is 109 Å². The number of hydrogen-bond donors (Lipinski definition) is 1. The van der Waals surface area contributed by atoms with Crippen LogP contribution in [0.15, 0.2) is 25.3 Å². The number of allylic oxidation sites excluding steroid dienone is 1. The van der Waals surface area contributed by atoms with Crippen molar-refractivity contribution >= 4 is 17.8 Å². The summed E-state index contributed by atoms with van der Waals surface area (Å²) in [6.07, 6.45) is 5.86. The highest BCUT2D eigenvalue weighted by Gasteiger charge is 2.79. The van der Waals surface area contributed by atoms with Crippen molar-refractivity contribution in [1.29, 1.82) is 0 Å². The minimum absolute atomic E-state index is 0.113. The van der Waals surface area contributed by atoms with Crippen molar-refractivity contribution in [3.8, 4) is 0 Å². The lowest BCUT2D eigenvalue weighted by Gasteiger charge is -2.41. The van der Waals surface area contributed by atoms with Gasteiger partial charge >= 0.3 is 5.97 Å². The lowest BCUT2D eigenvalue weighted by Crippen LogP contribution is -2.60. The van der Waals surface area contributed by atoms with E-state index in [-0.39, 0.29) is 30.9 Å².